The summed E-state index contributed by atoms with van der Waals surface area (Å²) in [7, 11) is 0. The zero-order valence-electron chi connectivity index (χ0n) is 11.1. The number of imidazole rings is 1. The topological polar surface area (TPSA) is 17.3 Å². The van der Waals surface area contributed by atoms with Crippen molar-refractivity contribution >= 4 is 33.0 Å². The minimum atomic E-state index is 0.785. The predicted molar refractivity (Wildman–Crippen MR) is 86.5 cm³/mol. The highest BCUT2D eigenvalue weighted by atomic mass is 79.9. The molecule has 3 aromatic rings. The Morgan fingerprint density at radius 1 is 1.20 bits per heavy atom. The van der Waals surface area contributed by atoms with Crippen molar-refractivity contribution in [2.24, 2.45) is 0 Å². The quantitative estimate of drug-likeness (QED) is 0.661. The Kier molecular flexibility index (Phi) is 3.81. The van der Waals surface area contributed by atoms with Crippen molar-refractivity contribution in [3.8, 4) is 0 Å². The van der Waals surface area contributed by atoms with Crippen molar-refractivity contribution in [1.82, 2.24) is 9.38 Å². The first kappa shape index (κ1) is 13.7. The van der Waals surface area contributed by atoms with Crippen LogP contribution in [0.25, 0.3) is 5.52 Å². The fourth-order valence-corrected chi connectivity index (χ4v) is 3.36. The van der Waals surface area contributed by atoms with Crippen LogP contribution < -0.4 is 0 Å². The highest BCUT2D eigenvalue weighted by Gasteiger charge is 2.10. The lowest BCUT2D eigenvalue weighted by molar-refractivity contribution is 0.851. The molecule has 0 aliphatic rings. The Hall–Kier alpha value is -1.32. The standard InChI is InChI=1S/C16H14BrClN2/c1-11-4-3-9-20-14(19-16(17)15(11)20)8-7-12-5-2-6-13(18)10-12/h2-6,9-10H,7-8H2,1H3. The Labute approximate surface area is 131 Å². The molecule has 0 spiro atoms. The molecule has 2 nitrogen and oxygen atoms in total. The number of hydrogen-bond donors (Lipinski definition) is 0. The van der Waals surface area contributed by atoms with Gasteiger partial charge < -0.3 is 4.40 Å². The molecule has 0 atom stereocenters. The number of rotatable bonds is 3. The molecule has 0 bridgehead atoms. The smallest absolute Gasteiger partial charge is 0.132 e. The monoisotopic (exact) mass is 348 g/mol. The maximum Gasteiger partial charge on any atom is 0.132 e. The van der Waals surface area contributed by atoms with E-state index in [1.165, 1.54) is 11.1 Å². The van der Waals surface area contributed by atoms with Crippen LogP contribution in [0.4, 0.5) is 0 Å². The molecule has 0 aliphatic carbocycles. The number of nitrogens with zero attached hydrogens (tertiary/aromatic N) is 2. The van der Waals surface area contributed by atoms with Crippen LogP contribution in [0.2, 0.25) is 5.02 Å². The molecular formula is C16H14BrClN2. The number of aromatic nitrogens is 2. The molecular weight excluding hydrogens is 336 g/mol. The van der Waals surface area contributed by atoms with Crippen molar-refractivity contribution in [1.29, 1.82) is 0 Å². The predicted octanol–water partition coefficient (Wildman–Crippen LogP) is 4.84. The van der Waals surface area contributed by atoms with Gasteiger partial charge in [0.1, 0.15) is 10.4 Å². The van der Waals surface area contributed by atoms with E-state index in [4.69, 9.17) is 11.6 Å². The average Bonchev–Trinajstić information content (AvgIpc) is 2.75. The normalized spacial score (nSPS) is 11.2. The summed E-state index contributed by atoms with van der Waals surface area (Å²) >= 11 is 9.57. The van der Waals surface area contributed by atoms with Gasteiger partial charge in [0.15, 0.2) is 0 Å². The summed E-state index contributed by atoms with van der Waals surface area (Å²) in [6.07, 6.45) is 3.88. The van der Waals surface area contributed by atoms with Gasteiger partial charge in [-0.15, -0.1) is 0 Å². The van der Waals surface area contributed by atoms with E-state index in [2.05, 4.69) is 56.6 Å². The van der Waals surface area contributed by atoms with Crippen molar-refractivity contribution in [3.05, 3.63) is 69.2 Å². The van der Waals surface area contributed by atoms with Gasteiger partial charge in [0.05, 0.1) is 5.52 Å². The van der Waals surface area contributed by atoms with Crippen LogP contribution in [0.15, 0.2) is 47.2 Å². The molecule has 4 heteroatoms. The molecule has 102 valence electrons. The molecule has 2 aromatic heterocycles. The van der Waals surface area contributed by atoms with E-state index in [1.807, 2.05) is 18.2 Å². The molecule has 1 aromatic carbocycles. The van der Waals surface area contributed by atoms with Crippen LogP contribution in [0, 0.1) is 6.92 Å². The summed E-state index contributed by atoms with van der Waals surface area (Å²) in [5.41, 5.74) is 3.60. The zero-order chi connectivity index (χ0) is 14.1. The first-order valence-electron chi connectivity index (χ1n) is 6.51. The van der Waals surface area contributed by atoms with E-state index >= 15 is 0 Å². The first-order valence-corrected chi connectivity index (χ1v) is 7.69. The molecule has 0 saturated carbocycles. The number of fused-ring (bicyclic) bond motifs is 1. The molecule has 0 aliphatic heterocycles. The zero-order valence-corrected chi connectivity index (χ0v) is 13.4. The van der Waals surface area contributed by atoms with E-state index < -0.39 is 0 Å². The summed E-state index contributed by atoms with van der Waals surface area (Å²) in [6, 6.07) is 12.2. The van der Waals surface area contributed by atoms with E-state index in [9.17, 15) is 0 Å². The second-order valence-corrected chi connectivity index (χ2v) is 6.05. The van der Waals surface area contributed by atoms with E-state index in [1.54, 1.807) is 0 Å². The van der Waals surface area contributed by atoms with E-state index in [0.29, 0.717) is 0 Å². The van der Waals surface area contributed by atoms with Gasteiger partial charge in [-0.05, 0) is 58.6 Å². The lowest BCUT2D eigenvalue weighted by Crippen LogP contribution is -1.98. The molecule has 0 saturated heterocycles. The van der Waals surface area contributed by atoms with Gasteiger partial charge >= 0.3 is 0 Å². The van der Waals surface area contributed by atoms with Gasteiger partial charge in [0.2, 0.25) is 0 Å². The van der Waals surface area contributed by atoms with Crippen LogP contribution >= 0.6 is 27.5 Å². The first-order chi connectivity index (χ1) is 9.65. The van der Waals surface area contributed by atoms with Crippen molar-refractivity contribution in [2.75, 3.05) is 0 Å². The van der Waals surface area contributed by atoms with Gasteiger partial charge in [0, 0.05) is 17.6 Å². The number of halogens is 2. The molecule has 2 heterocycles. The molecule has 0 fully saturated rings. The number of hydrogen-bond acceptors (Lipinski definition) is 1. The minimum absolute atomic E-state index is 0.785. The highest BCUT2D eigenvalue weighted by molar-refractivity contribution is 9.10. The van der Waals surface area contributed by atoms with Crippen molar-refractivity contribution in [3.63, 3.8) is 0 Å². The summed E-state index contributed by atoms with van der Waals surface area (Å²) < 4.78 is 3.07. The molecule has 0 N–H and O–H groups in total. The largest absolute Gasteiger partial charge is 0.302 e. The van der Waals surface area contributed by atoms with Crippen LogP contribution in [0.3, 0.4) is 0 Å². The maximum absolute atomic E-state index is 6.02. The summed E-state index contributed by atoms with van der Waals surface area (Å²) in [5.74, 6) is 1.07. The Balaban J connectivity index is 1.90. The summed E-state index contributed by atoms with van der Waals surface area (Å²) in [4.78, 5) is 4.63. The van der Waals surface area contributed by atoms with Crippen LogP contribution in [0.5, 0.6) is 0 Å². The van der Waals surface area contributed by atoms with Gasteiger partial charge in [-0.1, -0.05) is 29.8 Å². The molecule has 0 radical (unpaired) electrons. The van der Waals surface area contributed by atoms with Crippen LogP contribution in [0.1, 0.15) is 17.0 Å². The van der Waals surface area contributed by atoms with E-state index in [-0.39, 0.29) is 0 Å². The Morgan fingerprint density at radius 2 is 2.05 bits per heavy atom. The van der Waals surface area contributed by atoms with Gasteiger partial charge in [-0.3, -0.25) is 0 Å². The Morgan fingerprint density at radius 3 is 2.85 bits per heavy atom. The molecule has 0 amide bonds. The fraction of sp³-hybridized carbons (Fsp3) is 0.188. The summed E-state index contributed by atoms with van der Waals surface area (Å²) in [5, 5.41) is 0.785. The third-order valence-corrected chi connectivity index (χ3v) is 4.21. The third-order valence-electron chi connectivity index (χ3n) is 3.42. The van der Waals surface area contributed by atoms with Crippen molar-refractivity contribution in [2.45, 2.75) is 19.8 Å². The highest BCUT2D eigenvalue weighted by Crippen LogP contribution is 2.23. The number of benzene rings is 1. The maximum atomic E-state index is 6.02. The summed E-state index contributed by atoms with van der Waals surface area (Å²) in [6.45, 7) is 2.10. The molecule has 0 unspecified atom stereocenters. The van der Waals surface area contributed by atoms with Crippen LogP contribution in [-0.4, -0.2) is 9.38 Å². The second-order valence-electron chi connectivity index (χ2n) is 4.86. The van der Waals surface area contributed by atoms with Crippen molar-refractivity contribution < 1.29 is 0 Å². The molecule has 20 heavy (non-hydrogen) atoms. The van der Waals surface area contributed by atoms with Gasteiger partial charge in [0.25, 0.3) is 0 Å². The average molecular weight is 350 g/mol. The lowest BCUT2D eigenvalue weighted by atomic mass is 10.1. The third kappa shape index (κ3) is 2.60. The molecule has 3 rings (SSSR count). The van der Waals surface area contributed by atoms with Gasteiger partial charge in [-0.25, -0.2) is 4.98 Å². The second kappa shape index (κ2) is 5.58. The minimum Gasteiger partial charge on any atom is -0.302 e. The Bertz CT molecular complexity index is 764. The number of aryl methyl sites for hydroxylation is 3. The lowest BCUT2D eigenvalue weighted by Gasteiger charge is -2.03. The van der Waals surface area contributed by atoms with Crippen LogP contribution in [-0.2, 0) is 12.8 Å². The van der Waals surface area contributed by atoms with E-state index in [0.717, 1.165) is 33.8 Å². The SMILES string of the molecule is Cc1cccn2c(CCc3cccc(Cl)c3)nc(Br)c12. The fourth-order valence-electron chi connectivity index (χ4n) is 2.44. The van der Waals surface area contributed by atoms with Gasteiger partial charge in [-0.2, -0.15) is 0 Å². The number of pyridine rings is 1.